The first-order valence-corrected chi connectivity index (χ1v) is 7.43. The Morgan fingerprint density at radius 2 is 2.35 bits per heavy atom. The maximum Gasteiger partial charge on any atom is 0.223 e. The summed E-state index contributed by atoms with van der Waals surface area (Å²) in [7, 11) is 2.12. The number of rotatable bonds is 0. The smallest absolute Gasteiger partial charge is 0.223 e. The SMILES string of the molecule is CN1CC[C@@]23NC(=O)CC(c4cc(Cl)ccc4O2)[C@@H]3C1. The summed E-state index contributed by atoms with van der Waals surface area (Å²) in [6, 6.07) is 5.74. The molecule has 2 fully saturated rings. The number of carbonyl (C=O) groups is 1. The minimum atomic E-state index is -0.520. The number of nitrogens with one attached hydrogen (secondary N) is 1. The quantitative estimate of drug-likeness (QED) is 0.795. The zero-order chi connectivity index (χ0) is 13.9. The highest BCUT2D eigenvalue weighted by Gasteiger charge is 2.56. The monoisotopic (exact) mass is 292 g/mol. The molecule has 20 heavy (non-hydrogen) atoms. The minimum Gasteiger partial charge on any atom is -0.467 e. The van der Waals surface area contributed by atoms with Gasteiger partial charge in [-0.25, -0.2) is 0 Å². The molecule has 106 valence electrons. The Labute approximate surface area is 123 Å². The van der Waals surface area contributed by atoms with Gasteiger partial charge in [0.05, 0.1) is 0 Å². The van der Waals surface area contributed by atoms with Crippen molar-refractivity contribution < 1.29 is 9.53 Å². The Morgan fingerprint density at radius 3 is 3.20 bits per heavy atom. The molecule has 3 heterocycles. The summed E-state index contributed by atoms with van der Waals surface area (Å²) in [5.74, 6) is 1.46. The highest BCUT2D eigenvalue weighted by Crippen LogP contribution is 2.51. The van der Waals surface area contributed by atoms with E-state index in [0.29, 0.717) is 17.4 Å². The predicted octanol–water partition coefficient (Wildman–Crippen LogP) is 1.98. The van der Waals surface area contributed by atoms with Crippen LogP contribution in [0.15, 0.2) is 18.2 Å². The maximum absolute atomic E-state index is 12.1. The molecule has 4 rings (SSSR count). The van der Waals surface area contributed by atoms with Gasteiger partial charge < -0.3 is 15.0 Å². The molecule has 5 heteroatoms. The number of benzene rings is 1. The summed E-state index contributed by atoms with van der Waals surface area (Å²) in [4.78, 5) is 14.4. The van der Waals surface area contributed by atoms with E-state index < -0.39 is 5.72 Å². The summed E-state index contributed by atoms with van der Waals surface area (Å²) in [6.07, 6.45) is 1.36. The van der Waals surface area contributed by atoms with Crippen LogP contribution in [0.1, 0.15) is 24.3 Å². The summed E-state index contributed by atoms with van der Waals surface area (Å²) in [5.41, 5.74) is 0.566. The summed E-state index contributed by atoms with van der Waals surface area (Å²) < 4.78 is 6.25. The van der Waals surface area contributed by atoms with Gasteiger partial charge in [-0.2, -0.15) is 0 Å². The number of piperidine rings is 2. The second-order valence-corrected chi connectivity index (χ2v) is 6.59. The van der Waals surface area contributed by atoms with Gasteiger partial charge in [-0.1, -0.05) is 11.6 Å². The van der Waals surface area contributed by atoms with E-state index in [-0.39, 0.29) is 11.8 Å². The highest BCUT2D eigenvalue weighted by molar-refractivity contribution is 6.30. The first-order chi connectivity index (χ1) is 9.57. The number of fused-ring (bicyclic) bond motifs is 2. The lowest BCUT2D eigenvalue weighted by Gasteiger charge is -2.55. The Kier molecular flexibility index (Phi) is 2.57. The molecule has 3 aliphatic rings. The van der Waals surface area contributed by atoms with Gasteiger partial charge in [0.25, 0.3) is 0 Å². The number of carbonyl (C=O) groups excluding carboxylic acids is 1. The van der Waals surface area contributed by atoms with Crippen LogP contribution in [0.3, 0.4) is 0 Å². The summed E-state index contributed by atoms with van der Waals surface area (Å²) >= 11 is 6.13. The molecule has 4 nitrogen and oxygen atoms in total. The van der Waals surface area contributed by atoms with Crippen molar-refractivity contribution in [2.75, 3.05) is 20.1 Å². The van der Waals surface area contributed by atoms with Crippen molar-refractivity contribution >= 4 is 17.5 Å². The van der Waals surface area contributed by atoms with Crippen molar-refractivity contribution in [3.8, 4) is 5.75 Å². The van der Waals surface area contributed by atoms with E-state index in [4.69, 9.17) is 16.3 Å². The first kappa shape index (κ1) is 12.5. The fourth-order valence-corrected chi connectivity index (χ4v) is 4.11. The second-order valence-electron chi connectivity index (χ2n) is 6.15. The topological polar surface area (TPSA) is 41.6 Å². The average molecular weight is 293 g/mol. The molecule has 1 aromatic rings. The molecule has 1 aromatic carbocycles. The molecule has 1 amide bonds. The summed E-state index contributed by atoms with van der Waals surface area (Å²) in [5, 5.41) is 3.82. The molecule has 2 saturated heterocycles. The van der Waals surface area contributed by atoms with Crippen molar-refractivity contribution in [3.05, 3.63) is 28.8 Å². The Morgan fingerprint density at radius 1 is 1.50 bits per heavy atom. The molecule has 0 saturated carbocycles. The zero-order valence-corrected chi connectivity index (χ0v) is 12.1. The lowest BCUT2D eigenvalue weighted by molar-refractivity contribution is -0.152. The molecule has 1 unspecified atom stereocenters. The van der Waals surface area contributed by atoms with Crippen LogP contribution in [0.25, 0.3) is 0 Å². The van der Waals surface area contributed by atoms with Gasteiger partial charge in [-0.15, -0.1) is 0 Å². The van der Waals surface area contributed by atoms with E-state index in [2.05, 4.69) is 17.3 Å². The number of nitrogens with zero attached hydrogens (tertiary/aromatic N) is 1. The Hall–Kier alpha value is -1.26. The largest absolute Gasteiger partial charge is 0.467 e. The Balaban J connectivity index is 1.86. The third-order valence-corrected chi connectivity index (χ3v) is 5.11. The molecule has 3 atom stereocenters. The highest BCUT2D eigenvalue weighted by atomic mass is 35.5. The molecular formula is C15H17ClN2O2. The van der Waals surface area contributed by atoms with Gasteiger partial charge in [0.15, 0.2) is 5.72 Å². The molecule has 1 N–H and O–H groups in total. The number of halogens is 1. The van der Waals surface area contributed by atoms with Gasteiger partial charge in [-0.3, -0.25) is 4.79 Å². The first-order valence-electron chi connectivity index (χ1n) is 7.05. The third-order valence-electron chi connectivity index (χ3n) is 4.88. The van der Waals surface area contributed by atoms with Crippen LogP contribution in [0.5, 0.6) is 5.75 Å². The van der Waals surface area contributed by atoms with Gasteiger partial charge in [0, 0.05) is 42.8 Å². The van der Waals surface area contributed by atoms with Crippen LogP contribution in [-0.4, -0.2) is 36.7 Å². The van der Waals surface area contributed by atoms with Crippen molar-refractivity contribution in [2.45, 2.75) is 24.5 Å². The van der Waals surface area contributed by atoms with Crippen molar-refractivity contribution in [3.63, 3.8) is 0 Å². The number of hydrogen-bond donors (Lipinski definition) is 1. The molecule has 0 radical (unpaired) electrons. The van der Waals surface area contributed by atoms with Gasteiger partial charge in [-0.05, 0) is 30.8 Å². The van der Waals surface area contributed by atoms with Crippen LogP contribution >= 0.6 is 11.6 Å². The van der Waals surface area contributed by atoms with E-state index in [1.165, 1.54) is 0 Å². The van der Waals surface area contributed by atoms with Crippen LogP contribution in [0.4, 0.5) is 0 Å². The van der Waals surface area contributed by atoms with E-state index in [1.54, 1.807) is 0 Å². The third kappa shape index (κ3) is 1.68. The summed E-state index contributed by atoms with van der Waals surface area (Å²) in [6.45, 7) is 1.88. The fraction of sp³-hybridized carbons (Fsp3) is 0.533. The number of hydrogen-bond acceptors (Lipinski definition) is 3. The molecule has 0 aliphatic carbocycles. The molecule has 0 spiro atoms. The zero-order valence-electron chi connectivity index (χ0n) is 11.4. The number of ether oxygens (including phenoxy) is 1. The van der Waals surface area contributed by atoms with Crippen LogP contribution in [-0.2, 0) is 4.79 Å². The van der Waals surface area contributed by atoms with Gasteiger partial charge in [0.2, 0.25) is 5.91 Å². The Bertz CT molecular complexity index is 591. The predicted molar refractivity (Wildman–Crippen MR) is 75.9 cm³/mol. The van der Waals surface area contributed by atoms with Crippen molar-refractivity contribution in [1.29, 1.82) is 0 Å². The van der Waals surface area contributed by atoms with Crippen LogP contribution in [0, 0.1) is 5.92 Å². The van der Waals surface area contributed by atoms with E-state index in [0.717, 1.165) is 30.8 Å². The van der Waals surface area contributed by atoms with Crippen molar-refractivity contribution in [2.24, 2.45) is 5.92 Å². The standard InChI is InChI=1S/C15H17ClN2O2/c1-18-5-4-15-12(8-18)10(7-14(19)17-15)11-6-9(16)2-3-13(11)20-15/h2-3,6,10,12H,4-5,7-8H2,1H3,(H,17,19)/t10?,12-,15+/m0/s1. The van der Waals surface area contributed by atoms with Gasteiger partial charge >= 0.3 is 0 Å². The van der Waals surface area contributed by atoms with E-state index >= 15 is 0 Å². The number of amides is 1. The fourth-order valence-electron chi connectivity index (χ4n) is 3.93. The minimum absolute atomic E-state index is 0.0847. The lowest BCUT2D eigenvalue weighted by atomic mass is 9.69. The average Bonchev–Trinajstić information content (AvgIpc) is 2.40. The lowest BCUT2D eigenvalue weighted by Crippen LogP contribution is -2.69. The molecule has 3 aliphatic heterocycles. The van der Waals surface area contributed by atoms with E-state index in [1.807, 2.05) is 18.2 Å². The van der Waals surface area contributed by atoms with Crippen molar-refractivity contribution in [1.82, 2.24) is 10.2 Å². The maximum atomic E-state index is 12.1. The number of likely N-dealkylation sites (tertiary alicyclic amines) is 1. The molecule has 2 bridgehead atoms. The van der Waals surface area contributed by atoms with Crippen LogP contribution < -0.4 is 10.1 Å². The van der Waals surface area contributed by atoms with Crippen LogP contribution in [0.2, 0.25) is 5.02 Å². The van der Waals surface area contributed by atoms with E-state index in [9.17, 15) is 4.79 Å². The second kappa shape index (κ2) is 4.12. The molecular weight excluding hydrogens is 276 g/mol. The normalized spacial score (nSPS) is 35.6. The molecule has 0 aromatic heterocycles. The van der Waals surface area contributed by atoms with Gasteiger partial charge in [0.1, 0.15) is 5.75 Å².